The maximum atomic E-state index is 10.3. The summed E-state index contributed by atoms with van der Waals surface area (Å²) in [5.74, 6) is 0. The van der Waals surface area contributed by atoms with Crippen LogP contribution in [-0.4, -0.2) is 38.8 Å². The Morgan fingerprint density at radius 2 is 1.80 bits per heavy atom. The maximum Gasteiger partial charge on any atom is 0.469 e. The van der Waals surface area contributed by atoms with Crippen LogP contribution in [0.2, 0.25) is 0 Å². The summed E-state index contributed by atoms with van der Waals surface area (Å²) in [4.78, 5) is 16.7. The van der Waals surface area contributed by atoms with Gasteiger partial charge in [0, 0.05) is 0 Å². The predicted octanol–water partition coefficient (Wildman–Crippen LogP) is 0.398. The van der Waals surface area contributed by atoms with Gasteiger partial charge in [0.05, 0.1) is 12.7 Å². The van der Waals surface area contributed by atoms with Gasteiger partial charge in [0.15, 0.2) is 0 Å². The number of unbranched alkanes of at least 4 members (excludes halogenated alkanes) is 2. The Labute approximate surface area is 89.1 Å². The highest BCUT2D eigenvalue weighted by Gasteiger charge is 2.21. The van der Waals surface area contributed by atoms with Gasteiger partial charge in [-0.25, -0.2) is 4.57 Å². The number of phosphoric acid groups is 1. The van der Waals surface area contributed by atoms with Crippen molar-refractivity contribution in [3.63, 3.8) is 0 Å². The Morgan fingerprint density at radius 3 is 2.27 bits per heavy atom. The van der Waals surface area contributed by atoms with Crippen LogP contribution in [0.3, 0.4) is 0 Å². The van der Waals surface area contributed by atoms with Gasteiger partial charge in [0.2, 0.25) is 0 Å². The van der Waals surface area contributed by atoms with Gasteiger partial charge in [0.1, 0.15) is 6.10 Å². The van der Waals surface area contributed by atoms with Crippen molar-refractivity contribution in [3.8, 4) is 0 Å². The highest BCUT2D eigenvalue weighted by molar-refractivity contribution is 7.46. The molecule has 2 atom stereocenters. The van der Waals surface area contributed by atoms with Gasteiger partial charge >= 0.3 is 7.82 Å². The van der Waals surface area contributed by atoms with E-state index in [1.165, 1.54) is 0 Å². The molecule has 0 saturated heterocycles. The molecule has 0 aromatic heterocycles. The maximum absolute atomic E-state index is 10.3. The van der Waals surface area contributed by atoms with Crippen molar-refractivity contribution in [3.05, 3.63) is 0 Å². The van der Waals surface area contributed by atoms with E-state index in [1.54, 1.807) is 0 Å². The molecule has 0 aliphatic rings. The predicted molar refractivity (Wildman–Crippen MR) is 54.2 cm³/mol. The lowest BCUT2D eigenvalue weighted by Crippen LogP contribution is -2.30. The van der Waals surface area contributed by atoms with Crippen LogP contribution in [0.1, 0.15) is 32.6 Å². The van der Waals surface area contributed by atoms with Crippen molar-refractivity contribution < 1.29 is 29.1 Å². The van der Waals surface area contributed by atoms with E-state index < -0.39 is 26.6 Å². The highest BCUT2D eigenvalue weighted by atomic mass is 31.2. The van der Waals surface area contributed by atoms with Crippen molar-refractivity contribution in [1.82, 2.24) is 0 Å². The number of aliphatic hydroxyl groups excluding tert-OH is 2. The van der Waals surface area contributed by atoms with Crippen LogP contribution in [0.5, 0.6) is 0 Å². The van der Waals surface area contributed by atoms with Crippen LogP contribution in [0.25, 0.3) is 0 Å². The molecule has 92 valence electrons. The molecule has 0 amide bonds. The first-order valence-corrected chi connectivity index (χ1v) is 6.46. The second-order valence-corrected chi connectivity index (χ2v) is 4.66. The monoisotopic (exact) mass is 242 g/mol. The number of aliphatic hydroxyl groups is 2. The minimum Gasteiger partial charge on any atom is -0.390 e. The van der Waals surface area contributed by atoms with Crippen LogP contribution >= 0.6 is 7.82 Å². The van der Waals surface area contributed by atoms with E-state index >= 15 is 0 Å². The van der Waals surface area contributed by atoms with E-state index in [0.717, 1.165) is 19.3 Å². The first-order chi connectivity index (χ1) is 6.87. The first kappa shape index (κ1) is 15.0. The summed E-state index contributed by atoms with van der Waals surface area (Å²) in [5, 5.41) is 18.6. The standard InChI is InChI=1S/C8H19O6P/c1-2-3-4-5-7(9)8(10)6-14-15(11,12)13/h7-10H,2-6H2,1H3,(H2,11,12,13)/t7?,8-/m0/s1. The Balaban J connectivity index is 3.69. The average molecular weight is 242 g/mol. The summed E-state index contributed by atoms with van der Waals surface area (Å²) in [6, 6.07) is 0. The second kappa shape index (κ2) is 7.33. The zero-order valence-corrected chi connectivity index (χ0v) is 9.64. The summed E-state index contributed by atoms with van der Waals surface area (Å²) < 4.78 is 14.4. The molecule has 0 spiro atoms. The quantitative estimate of drug-likeness (QED) is 0.362. The summed E-state index contributed by atoms with van der Waals surface area (Å²) in [7, 11) is -4.56. The molecule has 0 aliphatic heterocycles. The van der Waals surface area contributed by atoms with E-state index in [2.05, 4.69) is 4.52 Å². The van der Waals surface area contributed by atoms with Crippen molar-refractivity contribution in [2.45, 2.75) is 44.8 Å². The smallest absolute Gasteiger partial charge is 0.390 e. The lowest BCUT2D eigenvalue weighted by Gasteiger charge is -2.17. The van der Waals surface area contributed by atoms with Crippen LogP contribution < -0.4 is 0 Å². The third-order valence-electron chi connectivity index (χ3n) is 1.96. The Bertz CT molecular complexity index is 203. The van der Waals surface area contributed by atoms with Crippen LogP contribution in [0.4, 0.5) is 0 Å². The number of hydrogen-bond donors (Lipinski definition) is 4. The van der Waals surface area contributed by atoms with E-state index in [-0.39, 0.29) is 0 Å². The van der Waals surface area contributed by atoms with E-state index in [4.69, 9.17) is 9.79 Å². The third-order valence-corrected chi connectivity index (χ3v) is 2.45. The van der Waals surface area contributed by atoms with Gasteiger partial charge in [-0.3, -0.25) is 4.52 Å². The fourth-order valence-corrected chi connectivity index (χ4v) is 1.43. The molecular formula is C8H19O6P. The zero-order chi connectivity index (χ0) is 11.9. The zero-order valence-electron chi connectivity index (χ0n) is 8.74. The lowest BCUT2D eigenvalue weighted by molar-refractivity contribution is -0.0181. The molecule has 0 heterocycles. The van der Waals surface area contributed by atoms with Crippen molar-refractivity contribution >= 4 is 7.82 Å². The van der Waals surface area contributed by atoms with Gasteiger partial charge in [-0.05, 0) is 6.42 Å². The molecule has 0 saturated carbocycles. The fraction of sp³-hybridized carbons (Fsp3) is 1.00. The van der Waals surface area contributed by atoms with Gasteiger partial charge < -0.3 is 20.0 Å². The van der Waals surface area contributed by atoms with E-state index in [0.29, 0.717) is 6.42 Å². The molecular weight excluding hydrogens is 223 g/mol. The van der Waals surface area contributed by atoms with Gasteiger partial charge in [-0.2, -0.15) is 0 Å². The third kappa shape index (κ3) is 8.99. The lowest BCUT2D eigenvalue weighted by atomic mass is 10.1. The summed E-state index contributed by atoms with van der Waals surface area (Å²) in [6.07, 6.45) is 0.868. The SMILES string of the molecule is CCCCCC(O)[C@@H](O)COP(=O)(O)O. The fourth-order valence-electron chi connectivity index (χ4n) is 1.08. The van der Waals surface area contributed by atoms with E-state index in [9.17, 15) is 14.8 Å². The van der Waals surface area contributed by atoms with E-state index in [1.807, 2.05) is 6.92 Å². The molecule has 0 aromatic rings. The molecule has 0 bridgehead atoms. The molecule has 7 heteroatoms. The summed E-state index contributed by atoms with van der Waals surface area (Å²) in [5.41, 5.74) is 0. The molecule has 0 rings (SSSR count). The van der Waals surface area contributed by atoms with Gasteiger partial charge in [-0.1, -0.05) is 26.2 Å². The largest absolute Gasteiger partial charge is 0.469 e. The number of rotatable bonds is 8. The van der Waals surface area contributed by atoms with Gasteiger partial charge in [-0.15, -0.1) is 0 Å². The molecule has 1 unspecified atom stereocenters. The Morgan fingerprint density at radius 1 is 1.20 bits per heavy atom. The number of phosphoric ester groups is 1. The minimum absolute atomic E-state index is 0.402. The van der Waals surface area contributed by atoms with Crippen LogP contribution in [0.15, 0.2) is 0 Å². The van der Waals surface area contributed by atoms with Crippen molar-refractivity contribution in [1.29, 1.82) is 0 Å². The molecule has 0 radical (unpaired) electrons. The molecule has 6 nitrogen and oxygen atoms in total. The Hall–Kier alpha value is 0.0300. The average Bonchev–Trinajstić information content (AvgIpc) is 2.13. The topological polar surface area (TPSA) is 107 Å². The minimum atomic E-state index is -4.56. The van der Waals surface area contributed by atoms with Gasteiger partial charge in [0.25, 0.3) is 0 Å². The molecule has 4 N–H and O–H groups in total. The second-order valence-electron chi connectivity index (χ2n) is 3.42. The first-order valence-electron chi connectivity index (χ1n) is 4.93. The summed E-state index contributed by atoms with van der Waals surface area (Å²) >= 11 is 0. The van der Waals surface area contributed by atoms with Crippen LogP contribution in [0, 0.1) is 0 Å². The highest BCUT2D eigenvalue weighted by Crippen LogP contribution is 2.35. The number of hydrogen-bond acceptors (Lipinski definition) is 4. The normalized spacial score (nSPS) is 16.3. The molecule has 0 fully saturated rings. The van der Waals surface area contributed by atoms with Crippen molar-refractivity contribution in [2.75, 3.05) is 6.61 Å². The molecule has 0 aromatic carbocycles. The molecule has 0 aliphatic carbocycles. The van der Waals surface area contributed by atoms with Crippen molar-refractivity contribution in [2.24, 2.45) is 0 Å². The van der Waals surface area contributed by atoms with Crippen LogP contribution in [-0.2, 0) is 9.09 Å². The molecule has 15 heavy (non-hydrogen) atoms. The Kier molecular flexibility index (Phi) is 7.34. The summed E-state index contributed by atoms with van der Waals surface area (Å²) in [6.45, 7) is 1.46.